The van der Waals surface area contributed by atoms with E-state index in [0.29, 0.717) is 0 Å². The van der Waals surface area contributed by atoms with E-state index in [1.165, 1.54) is 9.13 Å². The van der Waals surface area contributed by atoms with E-state index >= 15 is 0 Å². The highest BCUT2D eigenvalue weighted by Crippen LogP contribution is 2.19. The monoisotopic (exact) mass is 297 g/mol. The van der Waals surface area contributed by atoms with Crippen LogP contribution in [0, 0.1) is 3.57 Å². The molecule has 1 atom stereocenters. The highest BCUT2D eigenvalue weighted by molar-refractivity contribution is 14.1. The SMILES string of the molecule is CC[C@H](N)c1ccccc1I.Cl. The van der Waals surface area contributed by atoms with Crippen LogP contribution in [0.4, 0.5) is 0 Å². The van der Waals surface area contributed by atoms with Crippen molar-refractivity contribution >= 4 is 35.0 Å². The van der Waals surface area contributed by atoms with Crippen LogP contribution in [0.25, 0.3) is 0 Å². The first-order chi connectivity index (χ1) is 5.25. The smallest absolute Gasteiger partial charge is 0.0302 e. The summed E-state index contributed by atoms with van der Waals surface area (Å²) >= 11 is 2.32. The van der Waals surface area contributed by atoms with Crippen molar-refractivity contribution in [2.24, 2.45) is 5.73 Å². The second kappa shape index (κ2) is 5.78. The third kappa shape index (κ3) is 2.92. The van der Waals surface area contributed by atoms with Crippen molar-refractivity contribution in [1.82, 2.24) is 0 Å². The first-order valence-corrected chi connectivity index (χ1v) is 4.83. The van der Waals surface area contributed by atoms with Crippen molar-refractivity contribution in [2.75, 3.05) is 0 Å². The lowest BCUT2D eigenvalue weighted by molar-refractivity contribution is 0.695. The fourth-order valence-corrected chi connectivity index (χ4v) is 1.78. The molecule has 1 aromatic carbocycles. The Labute approximate surface area is 93.3 Å². The van der Waals surface area contributed by atoms with E-state index in [-0.39, 0.29) is 18.4 Å². The van der Waals surface area contributed by atoms with Gasteiger partial charge in [-0.25, -0.2) is 0 Å². The van der Waals surface area contributed by atoms with Gasteiger partial charge in [-0.15, -0.1) is 12.4 Å². The van der Waals surface area contributed by atoms with E-state index in [4.69, 9.17) is 5.73 Å². The summed E-state index contributed by atoms with van der Waals surface area (Å²) in [5, 5.41) is 0. The van der Waals surface area contributed by atoms with Gasteiger partial charge in [0.25, 0.3) is 0 Å². The Morgan fingerprint density at radius 1 is 1.42 bits per heavy atom. The summed E-state index contributed by atoms with van der Waals surface area (Å²) in [6, 6.07) is 8.45. The Balaban J connectivity index is 0.00000121. The van der Waals surface area contributed by atoms with E-state index in [9.17, 15) is 0 Å². The molecule has 0 aromatic heterocycles. The van der Waals surface area contributed by atoms with Gasteiger partial charge in [-0.05, 0) is 40.6 Å². The molecule has 0 amide bonds. The van der Waals surface area contributed by atoms with E-state index in [0.717, 1.165) is 6.42 Å². The molecule has 0 bridgehead atoms. The molecule has 0 radical (unpaired) electrons. The Bertz CT molecular complexity index is 240. The zero-order chi connectivity index (χ0) is 8.27. The fourth-order valence-electron chi connectivity index (χ4n) is 0.996. The van der Waals surface area contributed by atoms with Gasteiger partial charge in [-0.2, -0.15) is 0 Å². The molecular weight excluding hydrogens is 284 g/mol. The average molecular weight is 298 g/mol. The Morgan fingerprint density at radius 2 is 2.00 bits per heavy atom. The maximum Gasteiger partial charge on any atom is 0.0302 e. The van der Waals surface area contributed by atoms with Gasteiger partial charge in [0.2, 0.25) is 0 Å². The number of nitrogens with two attached hydrogens (primary N) is 1. The maximum atomic E-state index is 5.89. The van der Waals surface area contributed by atoms with Crippen LogP contribution < -0.4 is 5.73 Å². The first kappa shape index (κ1) is 12.2. The molecule has 1 aromatic rings. The van der Waals surface area contributed by atoms with Crippen LogP contribution in [0.2, 0.25) is 0 Å². The molecule has 0 aliphatic carbocycles. The lowest BCUT2D eigenvalue weighted by Gasteiger charge is -2.10. The predicted octanol–water partition coefficient (Wildman–Crippen LogP) is 3.12. The van der Waals surface area contributed by atoms with Crippen LogP contribution in [0.1, 0.15) is 24.9 Å². The normalized spacial score (nSPS) is 11.9. The van der Waals surface area contributed by atoms with Crippen molar-refractivity contribution in [3.63, 3.8) is 0 Å². The summed E-state index contributed by atoms with van der Waals surface area (Å²) in [4.78, 5) is 0. The van der Waals surface area contributed by atoms with Gasteiger partial charge < -0.3 is 5.73 Å². The standard InChI is InChI=1S/C9H12IN.ClH/c1-2-9(11)7-5-3-4-6-8(7)10;/h3-6,9H,2,11H2,1H3;1H/t9-;/m0./s1. The van der Waals surface area contributed by atoms with Crippen LogP contribution in [0.5, 0.6) is 0 Å². The van der Waals surface area contributed by atoms with Gasteiger partial charge in [0.1, 0.15) is 0 Å². The van der Waals surface area contributed by atoms with Crippen molar-refractivity contribution in [3.8, 4) is 0 Å². The van der Waals surface area contributed by atoms with Crippen molar-refractivity contribution in [3.05, 3.63) is 33.4 Å². The van der Waals surface area contributed by atoms with Crippen LogP contribution >= 0.6 is 35.0 Å². The highest BCUT2D eigenvalue weighted by Gasteiger charge is 2.05. The van der Waals surface area contributed by atoms with Crippen LogP contribution in [0.15, 0.2) is 24.3 Å². The summed E-state index contributed by atoms with van der Waals surface area (Å²) in [7, 11) is 0. The van der Waals surface area contributed by atoms with Gasteiger partial charge in [-0.1, -0.05) is 25.1 Å². The minimum absolute atomic E-state index is 0. The van der Waals surface area contributed by atoms with Crippen LogP contribution in [0.3, 0.4) is 0 Å². The Kier molecular flexibility index (Phi) is 5.88. The molecule has 3 heteroatoms. The summed E-state index contributed by atoms with van der Waals surface area (Å²) < 4.78 is 1.26. The Hall–Kier alpha value is 0.200. The lowest BCUT2D eigenvalue weighted by Crippen LogP contribution is -2.09. The van der Waals surface area contributed by atoms with Crippen molar-refractivity contribution in [2.45, 2.75) is 19.4 Å². The zero-order valence-corrected chi connectivity index (χ0v) is 9.93. The van der Waals surface area contributed by atoms with Gasteiger partial charge in [0.05, 0.1) is 0 Å². The second-order valence-electron chi connectivity index (χ2n) is 2.54. The lowest BCUT2D eigenvalue weighted by atomic mass is 10.1. The second-order valence-corrected chi connectivity index (χ2v) is 3.70. The van der Waals surface area contributed by atoms with E-state index in [2.05, 4.69) is 41.6 Å². The molecule has 0 saturated carbocycles. The van der Waals surface area contributed by atoms with Crippen LogP contribution in [-0.2, 0) is 0 Å². The molecule has 0 unspecified atom stereocenters. The quantitative estimate of drug-likeness (QED) is 0.834. The van der Waals surface area contributed by atoms with E-state index in [1.54, 1.807) is 0 Å². The zero-order valence-electron chi connectivity index (χ0n) is 6.96. The molecule has 1 nitrogen and oxygen atoms in total. The summed E-state index contributed by atoms with van der Waals surface area (Å²) in [5.74, 6) is 0. The van der Waals surface area contributed by atoms with Crippen molar-refractivity contribution < 1.29 is 0 Å². The molecule has 0 aliphatic heterocycles. The molecule has 0 fully saturated rings. The van der Waals surface area contributed by atoms with Gasteiger partial charge in [0, 0.05) is 9.61 Å². The van der Waals surface area contributed by atoms with Crippen molar-refractivity contribution in [1.29, 1.82) is 0 Å². The summed E-state index contributed by atoms with van der Waals surface area (Å²) in [6.07, 6.45) is 1.00. The number of hydrogen-bond donors (Lipinski definition) is 1. The Morgan fingerprint density at radius 3 is 2.50 bits per heavy atom. The molecule has 2 N–H and O–H groups in total. The van der Waals surface area contributed by atoms with E-state index < -0.39 is 0 Å². The molecule has 1 rings (SSSR count). The average Bonchev–Trinajstić information content (AvgIpc) is 2.04. The summed E-state index contributed by atoms with van der Waals surface area (Å²) in [6.45, 7) is 2.10. The number of halogens is 2. The minimum atomic E-state index is 0. The third-order valence-electron chi connectivity index (χ3n) is 1.74. The van der Waals surface area contributed by atoms with Gasteiger partial charge in [0.15, 0.2) is 0 Å². The topological polar surface area (TPSA) is 26.0 Å². The highest BCUT2D eigenvalue weighted by atomic mass is 127. The van der Waals surface area contributed by atoms with E-state index in [1.807, 2.05) is 12.1 Å². The first-order valence-electron chi connectivity index (χ1n) is 3.75. The molecule has 0 heterocycles. The molecular formula is C9H13ClIN. The maximum absolute atomic E-state index is 5.89. The van der Waals surface area contributed by atoms with Gasteiger partial charge >= 0.3 is 0 Å². The molecule has 0 saturated heterocycles. The fraction of sp³-hybridized carbons (Fsp3) is 0.333. The van der Waals surface area contributed by atoms with Gasteiger partial charge in [-0.3, -0.25) is 0 Å². The molecule has 0 aliphatic rings. The molecule has 12 heavy (non-hydrogen) atoms. The molecule has 68 valence electrons. The number of benzene rings is 1. The number of rotatable bonds is 2. The predicted molar refractivity (Wildman–Crippen MR) is 63.6 cm³/mol. The minimum Gasteiger partial charge on any atom is -0.324 e. The largest absolute Gasteiger partial charge is 0.324 e. The summed E-state index contributed by atoms with van der Waals surface area (Å²) in [5.41, 5.74) is 7.15. The number of hydrogen-bond acceptors (Lipinski definition) is 1. The molecule has 0 spiro atoms. The van der Waals surface area contributed by atoms with Crippen LogP contribution in [-0.4, -0.2) is 0 Å². The third-order valence-corrected chi connectivity index (χ3v) is 2.73.